The van der Waals surface area contributed by atoms with Crippen LogP contribution in [0.2, 0.25) is 0 Å². The summed E-state index contributed by atoms with van der Waals surface area (Å²) in [4.78, 5) is 0. The molecule has 0 aliphatic carbocycles. The van der Waals surface area contributed by atoms with Crippen molar-refractivity contribution in [3.05, 3.63) is 81.6 Å². The summed E-state index contributed by atoms with van der Waals surface area (Å²) < 4.78 is 3.91. The van der Waals surface area contributed by atoms with Crippen molar-refractivity contribution in [1.82, 2.24) is 19.4 Å². The van der Waals surface area contributed by atoms with E-state index in [2.05, 4.69) is 45.6 Å². The molecule has 0 radical (unpaired) electrons. The zero-order chi connectivity index (χ0) is 19.7. The monoisotopic (exact) mass is 386 g/mol. The van der Waals surface area contributed by atoms with E-state index in [1.807, 2.05) is 42.8 Å². The Morgan fingerprint density at radius 2 is 2.04 bits per heavy atom. The smallest absolute Gasteiger partial charge is 0.216 e. The molecule has 2 aromatic carbocycles. The number of nitrogens with one attached hydrogen (secondary N) is 1. The normalized spacial score (nSPS) is 11.3. The highest BCUT2D eigenvalue weighted by atomic mass is 32.1. The van der Waals surface area contributed by atoms with Crippen LogP contribution in [0, 0.1) is 23.0 Å². The van der Waals surface area contributed by atoms with E-state index in [1.165, 1.54) is 10.8 Å². The third-order valence-electron chi connectivity index (χ3n) is 4.95. The molecule has 0 atom stereocenters. The number of nitrogens with zero attached hydrogens (tertiary/aromatic N) is 5. The first-order chi connectivity index (χ1) is 13.6. The minimum atomic E-state index is 0.431. The summed E-state index contributed by atoms with van der Waals surface area (Å²) in [7, 11) is 1.86. The van der Waals surface area contributed by atoms with Gasteiger partial charge in [-0.05, 0) is 41.5 Å². The maximum atomic E-state index is 9.20. The van der Waals surface area contributed by atoms with E-state index >= 15 is 0 Å². The van der Waals surface area contributed by atoms with Crippen molar-refractivity contribution in [3.63, 3.8) is 0 Å². The predicted molar refractivity (Wildman–Crippen MR) is 112 cm³/mol. The van der Waals surface area contributed by atoms with Gasteiger partial charge in [0.1, 0.15) is 11.8 Å². The lowest BCUT2D eigenvalue weighted by molar-refractivity contribution is 0.793. The Balaban J connectivity index is 1.71. The van der Waals surface area contributed by atoms with Gasteiger partial charge in [-0.15, -0.1) is 0 Å². The molecule has 6 nitrogen and oxygen atoms in total. The van der Waals surface area contributed by atoms with Gasteiger partial charge in [0.05, 0.1) is 6.21 Å². The number of H-pyrrole nitrogens is 1. The predicted octanol–water partition coefficient (Wildman–Crippen LogP) is 4.09. The Bertz CT molecular complexity index is 1290. The van der Waals surface area contributed by atoms with Gasteiger partial charge in [-0.25, -0.2) is 0 Å². The summed E-state index contributed by atoms with van der Waals surface area (Å²) in [5.41, 5.74) is 3.58. The quantitative estimate of drug-likeness (QED) is 0.424. The maximum absolute atomic E-state index is 9.20. The van der Waals surface area contributed by atoms with Crippen molar-refractivity contribution >= 4 is 29.2 Å². The van der Waals surface area contributed by atoms with Crippen LogP contribution in [0.1, 0.15) is 28.3 Å². The number of rotatable bonds is 4. The lowest BCUT2D eigenvalue weighted by atomic mass is 10.0. The summed E-state index contributed by atoms with van der Waals surface area (Å²) in [6.07, 6.45) is 2.32. The fraction of sp³-hybridized carbons (Fsp3) is 0.143. The van der Waals surface area contributed by atoms with E-state index in [1.54, 1.807) is 10.9 Å². The van der Waals surface area contributed by atoms with Crippen LogP contribution in [0.25, 0.3) is 10.8 Å². The van der Waals surface area contributed by atoms with Gasteiger partial charge in [0, 0.05) is 24.7 Å². The molecule has 4 aromatic rings. The number of aromatic amines is 1. The molecule has 0 bridgehead atoms. The molecule has 2 aromatic heterocycles. The lowest BCUT2D eigenvalue weighted by Crippen LogP contribution is -2.01. The second kappa shape index (κ2) is 7.25. The van der Waals surface area contributed by atoms with Gasteiger partial charge in [-0.2, -0.15) is 20.1 Å². The fourth-order valence-corrected chi connectivity index (χ4v) is 3.45. The highest BCUT2D eigenvalue weighted by Gasteiger charge is 2.10. The standard InChI is InChI=1S/C21H18N6S/c1-14-17(10-18(12-22)26(14)2)13-23-27-20(24-25-21(27)28)11-16-8-5-7-15-6-3-4-9-19(15)16/h3-10,13H,11H2,1-2H3,(H,25,28)/b23-13-. The summed E-state index contributed by atoms with van der Waals surface area (Å²) in [6, 6.07) is 18.5. The number of fused-ring (bicyclic) bond motifs is 1. The third-order valence-corrected chi connectivity index (χ3v) is 5.21. The zero-order valence-corrected chi connectivity index (χ0v) is 16.4. The van der Waals surface area contributed by atoms with Crippen LogP contribution in [0.5, 0.6) is 0 Å². The van der Waals surface area contributed by atoms with E-state index in [9.17, 15) is 5.26 Å². The molecule has 138 valence electrons. The molecule has 0 aliphatic heterocycles. The van der Waals surface area contributed by atoms with Gasteiger partial charge in [0.15, 0.2) is 5.82 Å². The molecule has 4 rings (SSSR count). The highest BCUT2D eigenvalue weighted by Crippen LogP contribution is 2.21. The van der Waals surface area contributed by atoms with Crippen molar-refractivity contribution in [2.75, 3.05) is 0 Å². The average molecular weight is 386 g/mol. The minimum absolute atomic E-state index is 0.431. The third kappa shape index (κ3) is 3.15. The Hall–Kier alpha value is -3.50. The van der Waals surface area contributed by atoms with Gasteiger partial charge in [0.25, 0.3) is 0 Å². The van der Waals surface area contributed by atoms with E-state index in [4.69, 9.17) is 12.2 Å². The molecule has 0 aliphatic rings. The van der Waals surface area contributed by atoms with Gasteiger partial charge in [-0.1, -0.05) is 42.5 Å². The first-order valence-corrected chi connectivity index (χ1v) is 9.23. The summed E-state index contributed by atoms with van der Waals surface area (Å²) in [5.74, 6) is 0.728. The summed E-state index contributed by atoms with van der Waals surface area (Å²) in [5, 5.41) is 23.3. The molecule has 0 saturated carbocycles. The topological polar surface area (TPSA) is 74.7 Å². The Morgan fingerprint density at radius 3 is 2.82 bits per heavy atom. The lowest BCUT2D eigenvalue weighted by Gasteiger charge is -2.06. The molecule has 1 N–H and O–H groups in total. The molecule has 0 unspecified atom stereocenters. The Kier molecular flexibility index (Phi) is 4.63. The average Bonchev–Trinajstić information content (AvgIpc) is 3.20. The molecule has 0 saturated heterocycles. The molecule has 0 spiro atoms. The maximum Gasteiger partial charge on any atom is 0.216 e. The van der Waals surface area contributed by atoms with Crippen LogP contribution in [0.3, 0.4) is 0 Å². The van der Waals surface area contributed by atoms with Crippen molar-refractivity contribution in [2.24, 2.45) is 12.1 Å². The summed E-state index contributed by atoms with van der Waals surface area (Å²) in [6.45, 7) is 1.95. The minimum Gasteiger partial charge on any atom is -0.339 e. The van der Waals surface area contributed by atoms with Crippen LogP contribution in [-0.2, 0) is 13.5 Å². The Labute approximate surface area is 167 Å². The molecule has 0 amide bonds. The van der Waals surface area contributed by atoms with Crippen LogP contribution < -0.4 is 0 Å². The number of nitriles is 1. The largest absolute Gasteiger partial charge is 0.339 e. The van der Waals surface area contributed by atoms with Gasteiger partial charge >= 0.3 is 0 Å². The zero-order valence-electron chi connectivity index (χ0n) is 15.5. The SMILES string of the molecule is Cc1c(/C=N\n2c(Cc3cccc4ccccc34)n[nH]c2=S)cc(C#N)n1C. The van der Waals surface area contributed by atoms with Crippen LogP contribution in [-0.4, -0.2) is 25.7 Å². The number of hydrogen-bond acceptors (Lipinski definition) is 4. The van der Waals surface area contributed by atoms with E-state index in [0.29, 0.717) is 16.9 Å². The van der Waals surface area contributed by atoms with Crippen LogP contribution in [0.15, 0.2) is 53.6 Å². The van der Waals surface area contributed by atoms with E-state index in [-0.39, 0.29) is 0 Å². The van der Waals surface area contributed by atoms with Gasteiger partial charge in [0.2, 0.25) is 4.77 Å². The van der Waals surface area contributed by atoms with Crippen molar-refractivity contribution < 1.29 is 0 Å². The first kappa shape index (κ1) is 17.9. The van der Waals surface area contributed by atoms with Crippen LogP contribution >= 0.6 is 12.2 Å². The highest BCUT2D eigenvalue weighted by molar-refractivity contribution is 7.71. The first-order valence-electron chi connectivity index (χ1n) is 8.82. The van der Waals surface area contributed by atoms with Crippen molar-refractivity contribution in [2.45, 2.75) is 13.3 Å². The van der Waals surface area contributed by atoms with Gasteiger partial charge < -0.3 is 4.57 Å². The molecule has 28 heavy (non-hydrogen) atoms. The second-order valence-corrected chi connectivity index (χ2v) is 6.94. The molecule has 2 heterocycles. The van der Waals surface area contributed by atoms with Crippen molar-refractivity contribution in [3.8, 4) is 6.07 Å². The molecular weight excluding hydrogens is 368 g/mol. The molecular formula is C21H18N6S. The Morgan fingerprint density at radius 1 is 1.25 bits per heavy atom. The number of aromatic nitrogens is 4. The van der Waals surface area contributed by atoms with Crippen LogP contribution in [0.4, 0.5) is 0 Å². The molecule has 0 fully saturated rings. The molecule has 7 heteroatoms. The summed E-state index contributed by atoms with van der Waals surface area (Å²) >= 11 is 5.36. The van der Waals surface area contributed by atoms with Crippen molar-refractivity contribution in [1.29, 1.82) is 5.26 Å². The van der Waals surface area contributed by atoms with E-state index in [0.717, 1.165) is 22.6 Å². The van der Waals surface area contributed by atoms with Gasteiger partial charge in [-0.3, -0.25) is 5.10 Å². The second-order valence-electron chi connectivity index (χ2n) is 6.56. The fourth-order valence-electron chi connectivity index (χ4n) is 3.26. The van der Waals surface area contributed by atoms with E-state index < -0.39 is 0 Å². The number of benzene rings is 2. The number of hydrogen-bond donors (Lipinski definition) is 1.